The van der Waals surface area contributed by atoms with Crippen molar-refractivity contribution in [2.24, 2.45) is 0 Å². The van der Waals surface area contributed by atoms with E-state index >= 15 is 0 Å². The van der Waals surface area contributed by atoms with Crippen LogP contribution < -0.4 is 5.32 Å². The standard InChI is InChI=1S/C20H19FN4O.C3H9N/c21-16-3-2-14-8-15(11-22-17(14)9-16)18-10-19-20(4-1-6-25(19)23-18)5-7-24(12-20)13-26;1-3-4-2/h2-3,8-11,13H,1,4-7,12H2;4H,3H2,1-2H3. The third-order valence-electron chi connectivity index (χ3n) is 6.18. The lowest BCUT2D eigenvalue weighted by atomic mass is 9.77. The maximum absolute atomic E-state index is 13.4. The van der Waals surface area contributed by atoms with Crippen molar-refractivity contribution in [1.29, 1.82) is 0 Å². The van der Waals surface area contributed by atoms with Crippen LogP contribution in [0.5, 0.6) is 0 Å². The first kappa shape index (κ1) is 20.5. The third-order valence-corrected chi connectivity index (χ3v) is 6.18. The van der Waals surface area contributed by atoms with Crippen molar-refractivity contribution < 1.29 is 9.18 Å². The van der Waals surface area contributed by atoms with Crippen LogP contribution in [0.3, 0.4) is 0 Å². The summed E-state index contributed by atoms with van der Waals surface area (Å²) in [6.45, 7) is 5.63. The van der Waals surface area contributed by atoms with Crippen molar-refractivity contribution in [2.45, 2.75) is 38.1 Å². The Morgan fingerprint density at radius 3 is 2.80 bits per heavy atom. The Bertz CT molecular complexity index is 1050. The molecular weight excluding hydrogens is 381 g/mol. The molecule has 0 saturated carbocycles. The van der Waals surface area contributed by atoms with E-state index in [9.17, 15) is 9.18 Å². The number of hydrogen-bond donors (Lipinski definition) is 1. The molecule has 1 saturated heterocycles. The summed E-state index contributed by atoms with van der Waals surface area (Å²) in [5.41, 5.74) is 3.72. The molecule has 7 heteroatoms. The lowest BCUT2D eigenvalue weighted by Gasteiger charge is -2.33. The summed E-state index contributed by atoms with van der Waals surface area (Å²) in [5, 5.41) is 8.64. The third kappa shape index (κ3) is 3.81. The first-order valence-electron chi connectivity index (χ1n) is 10.6. The number of halogens is 1. The zero-order valence-electron chi connectivity index (χ0n) is 17.6. The van der Waals surface area contributed by atoms with E-state index in [0.29, 0.717) is 5.52 Å². The monoisotopic (exact) mass is 409 g/mol. The molecule has 1 N–H and O–H groups in total. The number of carbonyl (C=O) groups is 1. The van der Waals surface area contributed by atoms with Crippen LogP contribution in [0.2, 0.25) is 0 Å². The molecule has 2 aliphatic heterocycles. The normalized spacial score (nSPS) is 20.2. The van der Waals surface area contributed by atoms with Crippen molar-refractivity contribution in [3.63, 3.8) is 0 Å². The minimum Gasteiger partial charge on any atom is -0.344 e. The fraction of sp³-hybridized carbons (Fsp3) is 0.435. The van der Waals surface area contributed by atoms with Gasteiger partial charge in [-0.2, -0.15) is 5.10 Å². The maximum Gasteiger partial charge on any atom is 0.209 e. The van der Waals surface area contributed by atoms with E-state index in [0.717, 1.165) is 68.5 Å². The van der Waals surface area contributed by atoms with Gasteiger partial charge in [0.25, 0.3) is 0 Å². The number of amides is 1. The molecule has 30 heavy (non-hydrogen) atoms. The quantitative estimate of drug-likeness (QED) is 0.674. The van der Waals surface area contributed by atoms with Gasteiger partial charge in [-0.3, -0.25) is 14.5 Å². The molecule has 2 aliphatic rings. The number of carbonyl (C=O) groups excluding carboxylic acids is 1. The van der Waals surface area contributed by atoms with Crippen LogP contribution >= 0.6 is 0 Å². The maximum atomic E-state index is 13.4. The van der Waals surface area contributed by atoms with Crippen LogP contribution in [0, 0.1) is 5.82 Å². The Morgan fingerprint density at radius 1 is 1.23 bits per heavy atom. The highest BCUT2D eigenvalue weighted by Crippen LogP contribution is 2.42. The summed E-state index contributed by atoms with van der Waals surface area (Å²) in [5.74, 6) is -0.280. The average Bonchev–Trinajstić information content (AvgIpc) is 3.39. The summed E-state index contributed by atoms with van der Waals surface area (Å²) in [6, 6.07) is 8.80. The smallest absolute Gasteiger partial charge is 0.209 e. The molecule has 5 rings (SSSR count). The second-order valence-electron chi connectivity index (χ2n) is 8.12. The molecule has 2 aromatic heterocycles. The van der Waals surface area contributed by atoms with E-state index in [4.69, 9.17) is 5.10 Å². The lowest BCUT2D eigenvalue weighted by Crippen LogP contribution is -2.36. The first-order valence-corrected chi connectivity index (χ1v) is 10.6. The van der Waals surface area contributed by atoms with Crippen LogP contribution in [-0.2, 0) is 16.8 Å². The minimum atomic E-state index is -0.280. The Morgan fingerprint density at radius 2 is 2.07 bits per heavy atom. The lowest BCUT2D eigenvalue weighted by molar-refractivity contribution is -0.117. The molecule has 1 aromatic carbocycles. The Kier molecular flexibility index (Phi) is 5.81. The van der Waals surface area contributed by atoms with Crippen LogP contribution in [0.15, 0.2) is 36.5 Å². The predicted octanol–water partition coefficient (Wildman–Crippen LogP) is 3.36. The number of rotatable bonds is 3. The Balaban J connectivity index is 0.000000503. The van der Waals surface area contributed by atoms with Gasteiger partial charge in [0.2, 0.25) is 6.41 Å². The largest absolute Gasteiger partial charge is 0.344 e. The minimum absolute atomic E-state index is 0.0256. The van der Waals surface area contributed by atoms with E-state index < -0.39 is 0 Å². The average molecular weight is 410 g/mol. The molecule has 1 atom stereocenters. The first-order chi connectivity index (χ1) is 14.6. The highest BCUT2D eigenvalue weighted by atomic mass is 19.1. The molecule has 158 valence electrons. The molecular formula is C23H28FN5O. The number of likely N-dealkylation sites (tertiary alicyclic amines) is 1. The van der Waals surface area contributed by atoms with Gasteiger partial charge in [0.15, 0.2) is 0 Å². The number of pyridine rings is 1. The van der Waals surface area contributed by atoms with E-state index in [1.807, 2.05) is 18.0 Å². The molecule has 1 spiro atoms. The highest BCUT2D eigenvalue weighted by molar-refractivity contribution is 5.83. The zero-order valence-corrected chi connectivity index (χ0v) is 17.6. The Labute approximate surface area is 176 Å². The molecule has 1 unspecified atom stereocenters. The van der Waals surface area contributed by atoms with Gasteiger partial charge in [0.05, 0.1) is 11.2 Å². The fourth-order valence-corrected chi connectivity index (χ4v) is 4.49. The van der Waals surface area contributed by atoms with Crippen molar-refractivity contribution in [3.05, 3.63) is 48.0 Å². The van der Waals surface area contributed by atoms with Gasteiger partial charge in [0, 0.05) is 54.0 Å². The van der Waals surface area contributed by atoms with E-state index in [1.54, 1.807) is 12.3 Å². The second kappa shape index (κ2) is 8.52. The predicted molar refractivity (Wildman–Crippen MR) is 116 cm³/mol. The summed E-state index contributed by atoms with van der Waals surface area (Å²) in [6.07, 6.45) is 5.88. The topological polar surface area (TPSA) is 63.1 Å². The molecule has 0 radical (unpaired) electrons. The van der Waals surface area contributed by atoms with Crippen molar-refractivity contribution in [1.82, 2.24) is 25.0 Å². The van der Waals surface area contributed by atoms with Gasteiger partial charge < -0.3 is 10.2 Å². The number of fused-ring (bicyclic) bond motifs is 3. The van der Waals surface area contributed by atoms with Crippen LogP contribution in [-0.4, -0.2) is 52.8 Å². The van der Waals surface area contributed by atoms with Gasteiger partial charge >= 0.3 is 0 Å². The summed E-state index contributed by atoms with van der Waals surface area (Å²) in [7, 11) is 1.93. The van der Waals surface area contributed by atoms with Gasteiger partial charge in [-0.25, -0.2) is 4.39 Å². The van der Waals surface area contributed by atoms with Crippen LogP contribution in [0.1, 0.15) is 31.9 Å². The van der Waals surface area contributed by atoms with Crippen molar-refractivity contribution in [2.75, 3.05) is 26.7 Å². The van der Waals surface area contributed by atoms with Crippen LogP contribution in [0.25, 0.3) is 22.2 Å². The molecule has 4 heterocycles. The zero-order chi connectivity index (χ0) is 21.1. The van der Waals surface area contributed by atoms with Crippen molar-refractivity contribution >= 4 is 17.3 Å². The number of aromatic nitrogens is 3. The summed E-state index contributed by atoms with van der Waals surface area (Å²) in [4.78, 5) is 17.5. The van der Waals surface area contributed by atoms with Crippen LogP contribution in [0.4, 0.5) is 4.39 Å². The molecule has 3 aromatic rings. The van der Waals surface area contributed by atoms with Gasteiger partial charge in [0.1, 0.15) is 5.82 Å². The molecule has 6 nitrogen and oxygen atoms in total. The molecule has 0 aliphatic carbocycles. The summed E-state index contributed by atoms with van der Waals surface area (Å²) >= 11 is 0. The number of benzene rings is 1. The van der Waals surface area contributed by atoms with Gasteiger partial charge in [-0.1, -0.05) is 6.92 Å². The van der Waals surface area contributed by atoms with E-state index in [-0.39, 0.29) is 11.2 Å². The molecule has 0 bridgehead atoms. The number of aryl methyl sites for hydroxylation is 1. The number of nitrogens with zero attached hydrogens (tertiary/aromatic N) is 4. The molecule has 1 fully saturated rings. The fourth-order valence-electron chi connectivity index (χ4n) is 4.49. The highest BCUT2D eigenvalue weighted by Gasteiger charge is 2.43. The van der Waals surface area contributed by atoms with Gasteiger partial charge in [-0.15, -0.1) is 0 Å². The second-order valence-corrected chi connectivity index (χ2v) is 8.12. The van der Waals surface area contributed by atoms with Crippen molar-refractivity contribution in [3.8, 4) is 11.3 Å². The van der Waals surface area contributed by atoms with E-state index in [2.05, 4.69) is 28.0 Å². The summed E-state index contributed by atoms with van der Waals surface area (Å²) < 4.78 is 15.5. The molecule has 1 amide bonds. The van der Waals surface area contributed by atoms with Gasteiger partial charge in [-0.05, 0) is 57.1 Å². The Hall–Kier alpha value is -2.80. The number of hydrogen-bond acceptors (Lipinski definition) is 4. The SMILES string of the molecule is CCNC.O=CN1CCC2(CCCn3nc(-c4cnc5cc(F)ccc5c4)cc32)C1. The van der Waals surface area contributed by atoms with E-state index in [1.165, 1.54) is 17.8 Å². The number of nitrogens with one attached hydrogen (secondary N) is 1.